The fourth-order valence-electron chi connectivity index (χ4n) is 3.15. The van der Waals surface area contributed by atoms with Crippen LogP contribution in [0.4, 0.5) is 0 Å². The monoisotopic (exact) mass is 261 g/mol. The summed E-state index contributed by atoms with van der Waals surface area (Å²) >= 11 is 0. The molecule has 0 bridgehead atoms. The molecule has 1 aromatic rings. The molecular weight excluding hydrogens is 238 g/mol. The Morgan fingerprint density at radius 1 is 1.32 bits per heavy atom. The number of morpholine rings is 1. The second kappa shape index (κ2) is 5.97. The van der Waals surface area contributed by atoms with Gasteiger partial charge >= 0.3 is 0 Å². The fourth-order valence-corrected chi connectivity index (χ4v) is 3.15. The van der Waals surface area contributed by atoms with Gasteiger partial charge in [0.05, 0.1) is 13.2 Å². The summed E-state index contributed by atoms with van der Waals surface area (Å²) in [5, 5.41) is 3.47. The first-order chi connectivity index (χ1) is 9.31. The SMILES string of the molecule is Cc1cc(C2CCCC2)nc(CC2COCCN2)n1. The third kappa shape index (κ3) is 3.31. The van der Waals surface area contributed by atoms with Crippen LogP contribution in [-0.4, -0.2) is 35.8 Å². The molecule has 4 heteroatoms. The van der Waals surface area contributed by atoms with E-state index in [0.717, 1.165) is 37.7 Å². The van der Waals surface area contributed by atoms with E-state index in [-0.39, 0.29) is 0 Å². The van der Waals surface area contributed by atoms with Crippen molar-refractivity contribution in [3.8, 4) is 0 Å². The molecule has 2 heterocycles. The summed E-state index contributed by atoms with van der Waals surface area (Å²) in [5.74, 6) is 1.64. The molecule has 0 spiro atoms. The van der Waals surface area contributed by atoms with Gasteiger partial charge in [0.25, 0.3) is 0 Å². The standard InChI is InChI=1S/C15H23N3O/c1-11-8-14(12-4-2-3-5-12)18-15(17-11)9-13-10-19-7-6-16-13/h8,12-13,16H,2-7,9-10H2,1H3. The Hall–Kier alpha value is -1.00. The molecule has 104 valence electrons. The molecule has 2 aliphatic rings. The number of aromatic nitrogens is 2. The average molecular weight is 261 g/mol. The lowest BCUT2D eigenvalue weighted by Gasteiger charge is -2.23. The van der Waals surface area contributed by atoms with E-state index in [1.54, 1.807) is 0 Å². The van der Waals surface area contributed by atoms with E-state index in [0.29, 0.717) is 12.0 Å². The lowest BCUT2D eigenvalue weighted by molar-refractivity contribution is 0.0763. The topological polar surface area (TPSA) is 47.0 Å². The highest BCUT2D eigenvalue weighted by Gasteiger charge is 2.21. The van der Waals surface area contributed by atoms with Crippen molar-refractivity contribution in [3.63, 3.8) is 0 Å². The van der Waals surface area contributed by atoms with Gasteiger partial charge in [-0.15, -0.1) is 0 Å². The van der Waals surface area contributed by atoms with Crippen molar-refractivity contribution in [2.75, 3.05) is 19.8 Å². The van der Waals surface area contributed by atoms with Crippen LogP contribution in [-0.2, 0) is 11.2 Å². The summed E-state index contributed by atoms with van der Waals surface area (Å²) in [6.45, 7) is 4.61. The maximum atomic E-state index is 5.50. The molecule has 1 saturated carbocycles. The van der Waals surface area contributed by atoms with Gasteiger partial charge in [0, 0.05) is 36.3 Å². The first kappa shape index (κ1) is 13.0. The Bertz CT molecular complexity index is 423. The third-order valence-corrected chi connectivity index (χ3v) is 4.12. The van der Waals surface area contributed by atoms with Gasteiger partial charge < -0.3 is 10.1 Å². The molecule has 1 unspecified atom stereocenters. The molecule has 1 atom stereocenters. The van der Waals surface area contributed by atoms with Gasteiger partial charge in [0.15, 0.2) is 0 Å². The first-order valence-corrected chi connectivity index (χ1v) is 7.47. The number of hydrogen-bond donors (Lipinski definition) is 1. The Morgan fingerprint density at radius 3 is 2.89 bits per heavy atom. The Labute approximate surface area is 115 Å². The average Bonchev–Trinajstić information content (AvgIpc) is 2.93. The van der Waals surface area contributed by atoms with Crippen LogP contribution in [0.5, 0.6) is 0 Å². The normalized spacial score (nSPS) is 24.8. The lowest BCUT2D eigenvalue weighted by Crippen LogP contribution is -2.42. The molecule has 0 radical (unpaired) electrons. The largest absolute Gasteiger partial charge is 0.379 e. The van der Waals surface area contributed by atoms with Crippen LogP contribution >= 0.6 is 0 Å². The van der Waals surface area contributed by atoms with Crippen LogP contribution in [0, 0.1) is 6.92 Å². The Kier molecular flexibility index (Phi) is 4.09. The number of aryl methyl sites for hydroxylation is 1. The summed E-state index contributed by atoms with van der Waals surface area (Å²) in [5.41, 5.74) is 2.36. The van der Waals surface area contributed by atoms with Crippen molar-refractivity contribution < 1.29 is 4.74 Å². The number of rotatable bonds is 3. The number of ether oxygens (including phenoxy) is 1. The predicted molar refractivity (Wildman–Crippen MR) is 74.3 cm³/mol. The highest BCUT2D eigenvalue weighted by molar-refractivity contribution is 5.16. The zero-order valence-corrected chi connectivity index (χ0v) is 11.7. The maximum Gasteiger partial charge on any atom is 0.130 e. The summed E-state index contributed by atoms with van der Waals surface area (Å²) < 4.78 is 5.50. The maximum absolute atomic E-state index is 5.50. The molecule has 19 heavy (non-hydrogen) atoms. The number of hydrogen-bond acceptors (Lipinski definition) is 4. The van der Waals surface area contributed by atoms with Crippen molar-refractivity contribution in [3.05, 3.63) is 23.3 Å². The zero-order chi connectivity index (χ0) is 13.1. The van der Waals surface area contributed by atoms with Crippen LogP contribution in [0.3, 0.4) is 0 Å². The van der Waals surface area contributed by atoms with Crippen molar-refractivity contribution in [1.82, 2.24) is 15.3 Å². The molecule has 0 amide bonds. The second-order valence-electron chi connectivity index (χ2n) is 5.76. The minimum atomic E-state index is 0.368. The van der Waals surface area contributed by atoms with Gasteiger partial charge in [-0.25, -0.2) is 9.97 Å². The molecule has 1 aromatic heterocycles. The molecular formula is C15H23N3O. The van der Waals surface area contributed by atoms with E-state index < -0.39 is 0 Å². The third-order valence-electron chi connectivity index (χ3n) is 4.12. The number of nitrogens with zero attached hydrogens (tertiary/aromatic N) is 2. The van der Waals surface area contributed by atoms with Crippen molar-refractivity contribution in [1.29, 1.82) is 0 Å². The van der Waals surface area contributed by atoms with E-state index in [1.165, 1.54) is 31.4 Å². The van der Waals surface area contributed by atoms with Crippen molar-refractivity contribution in [2.24, 2.45) is 0 Å². The van der Waals surface area contributed by atoms with Crippen LogP contribution in [0.15, 0.2) is 6.07 Å². The van der Waals surface area contributed by atoms with Crippen molar-refractivity contribution in [2.45, 2.75) is 51.0 Å². The van der Waals surface area contributed by atoms with Crippen LogP contribution < -0.4 is 5.32 Å². The molecule has 1 saturated heterocycles. The molecule has 2 fully saturated rings. The molecule has 0 aromatic carbocycles. The molecule has 1 N–H and O–H groups in total. The van der Waals surface area contributed by atoms with Gasteiger partial charge in [-0.1, -0.05) is 12.8 Å². The fraction of sp³-hybridized carbons (Fsp3) is 0.733. The molecule has 1 aliphatic carbocycles. The van der Waals surface area contributed by atoms with E-state index in [4.69, 9.17) is 9.72 Å². The Morgan fingerprint density at radius 2 is 2.16 bits per heavy atom. The summed E-state index contributed by atoms with van der Waals surface area (Å²) in [6.07, 6.45) is 6.16. The number of nitrogens with one attached hydrogen (secondary N) is 1. The van der Waals surface area contributed by atoms with Gasteiger partial charge in [0.2, 0.25) is 0 Å². The van der Waals surface area contributed by atoms with E-state index in [1.807, 2.05) is 0 Å². The summed E-state index contributed by atoms with van der Waals surface area (Å²) in [7, 11) is 0. The van der Waals surface area contributed by atoms with Gasteiger partial charge in [-0.3, -0.25) is 0 Å². The van der Waals surface area contributed by atoms with E-state index in [9.17, 15) is 0 Å². The first-order valence-electron chi connectivity index (χ1n) is 7.47. The minimum absolute atomic E-state index is 0.368. The zero-order valence-electron chi connectivity index (χ0n) is 11.7. The minimum Gasteiger partial charge on any atom is -0.379 e. The van der Waals surface area contributed by atoms with Gasteiger partial charge in [-0.2, -0.15) is 0 Å². The lowest BCUT2D eigenvalue weighted by atomic mass is 10.0. The smallest absolute Gasteiger partial charge is 0.130 e. The van der Waals surface area contributed by atoms with Crippen LogP contribution in [0.1, 0.15) is 48.8 Å². The van der Waals surface area contributed by atoms with Crippen molar-refractivity contribution >= 4 is 0 Å². The van der Waals surface area contributed by atoms with E-state index >= 15 is 0 Å². The highest BCUT2D eigenvalue weighted by atomic mass is 16.5. The van der Waals surface area contributed by atoms with E-state index in [2.05, 4.69) is 23.3 Å². The highest BCUT2D eigenvalue weighted by Crippen LogP contribution is 2.33. The molecule has 4 nitrogen and oxygen atoms in total. The molecule has 1 aliphatic heterocycles. The summed E-state index contributed by atoms with van der Waals surface area (Å²) in [6, 6.07) is 2.54. The van der Waals surface area contributed by atoms with Crippen LogP contribution in [0.2, 0.25) is 0 Å². The van der Waals surface area contributed by atoms with Gasteiger partial charge in [-0.05, 0) is 25.8 Å². The molecule has 3 rings (SSSR count). The Balaban J connectivity index is 1.73. The summed E-state index contributed by atoms with van der Waals surface area (Å²) in [4.78, 5) is 9.40. The van der Waals surface area contributed by atoms with Gasteiger partial charge in [0.1, 0.15) is 5.82 Å². The predicted octanol–water partition coefficient (Wildman–Crippen LogP) is 1.97. The second-order valence-corrected chi connectivity index (χ2v) is 5.76. The quantitative estimate of drug-likeness (QED) is 0.903. The van der Waals surface area contributed by atoms with Crippen LogP contribution in [0.25, 0.3) is 0 Å².